The Morgan fingerprint density at radius 1 is 0.781 bits per heavy atom. The van der Waals surface area contributed by atoms with Gasteiger partial charge in [0, 0.05) is 0 Å². The van der Waals surface area contributed by atoms with Crippen molar-refractivity contribution in [3.63, 3.8) is 0 Å². The monoisotopic (exact) mass is 502 g/mol. The van der Waals surface area contributed by atoms with Gasteiger partial charge in [0.05, 0.1) is 12.8 Å². The maximum Gasteiger partial charge on any atom is 0.542 e. The first-order chi connectivity index (χ1) is 14.5. The number of carbonyl (C=O) groups excluding carboxylic acids is 6. The smallest absolute Gasteiger partial charge is 0.359 e. The molecule has 2 aliphatic rings. The molecule has 2 atom stereocenters. The van der Waals surface area contributed by atoms with E-state index >= 15 is 0 Å². The van der Waals surface area contributed by atoms with Gasteiger partial charge in [-0.3, -0.25) is 38.0 Å². The molecule has 0 bridgehead atoms. The van der Waals surface area contributed by atoms with Crippen LogP contribution < -0.4 is 0 Å². The van der Waals surface area contributed by atoms with E-state index in [1.165, 1.54) is 0 Å². The minimum Gasteiger partial charge on any atom is -0.359 e. The lowest BCUT2D eigenvalue weighted by Crippen LogP contribution is -2.37. The SMILES string of the molecule is C=C(OC(=O)ON1C(=O)CC(S(=O)(=O)O)C1=O)OC(=O)ON1C(=O)CC(S(=O)(=O)O)C1=O. The van der Waals surface area contributed by atoms with Crippen LogP contribution in [0.15, 0.2) is 12.5 Å². The van der Waals surface area contributed by atoms with Gasteiger partial charge in [-0.2, -0.15) is 16.8 Å². The Hall–Kier alpha value is -3.62. The van der Waals surface area contributed by atoms with E-state index in [0.717, 1.165) is 0 Å². The predicted molar refractivity (Wildman–Crippen MR) is 87.9 cm³/mol. The Labute approximate surface area is 176 Å². The predicted octanol–water partition coefficient (Wildman–Crippen LogP) is -2.38. The van der Waals surface area contributed by atoms with Crippen LogP contribution in [-0.4, -0.2) is 82.5 Å². The van der Waals surface area contributed by atoms with E-state index in [1.54, 1.807) is 0 Å². The summed E-state index contributed by atoms with van der Waals surface area (Å²) in [6, 6.07) is 0. The molecule has 0 aromatic carbocycles. The Bertz CT molecular complexity index is 1050. The zero-order valence-corrected chi connectivity index (χ0v) is 16.7. The Morgan fingerprint density at radius 2 is 1.09 bits per heavy atom. The fraction of sp³-hybridized carbons (Fsp3) is 0.333. The number of imide groups is 2. The van der Waals surface area contributed by atoms with Crippen LogP contribution in [0.25, 0.3) is 0 Å². The number of hydrogen-bond donors (Lipinski definition) is 2. The molecule has 0 aromatic heterocycles. The maximum absolute atomic E-state index is 11.7. The molecular formula is C12H10N2O16S2. The summed E-state index contributed by atoms with van der Waals surface area (Å²) in [5.41, 5.74) is 0. The fourth-order valence-corrected chi connectivity index (χ4v) is 3.62. The molecule has 0 aliphatic carbocycles. The third kappa shape index (κ3) is 5.35. The maximum atomic E-state index is 11.7. The second-order valence-corrected chi connectivity index (χ2v) is 8.92. The first kappa shape index (κ1) is 24.6. The van der Waals surface area contributed by atoms with Gasteiger partial charge in [-0.25, -0.2) is 9.59 Å². The number of hydrogen-bond acceptors (Lipinski definition) is 14. The zero-order valence-electron chi connectivity index (χ0n) is 15.1. The van der Waals surface area contributed by atoms with Gasteiger partial charge < -0.3 is 9.47 Å². The van der Waals surface area contributed by atoms with Crippen molar-refractivity contribution in [3.8, 4) is 0 Å². The molecule has 0 spiro atoms. The molecule has 18 nitrogen and oxygen atoms in total. The number of ether oxygens (including phenoxy) is 2. The van der Waals surface area contributed by atoms with Gasteiger partial charge in [-0.15, -0.1) is 0 Å². The molecule has 2 aliphatic heterocycles. The summed E-state index contributed by atoms with van der Waals surface area (Å²) in [6.07, 6.45) is -6.01. The summed E-state index contributed by atoms with van der Waals surface area (Å²) >= 11 is 0. The van der Waals surface area contributed by atoms with Gasteiger partial charge in [0.2, 0.25) is 0 Å². The molecule has 2 N–H and O–H groups in total. The summed E-state index contributed by atoms with van der Waals surface area (Å²) < 4.78 is 69.9. The average molecular weight is 502 g/mol. The van der Waals surface area contributed by atoms with E-state index < -0.39 is 85.5 Å². The topological polar surface area (TPSA) is 255 Å². The zero-order chi connectivity index (χ0) is 24.6. The molecule has 2 rings (SSSR count). The van der Waals surface area contributed by atoms with Crippen molar-refractivity contribution in [2.45, 2.75) is 23.3 Å². The highest BCUT2D eigenvalue weighted by molar-refractivity contribution is 7.87. The lowest BCUT2D eigenvalue weighted by atomic mass is 10.4. The van der Waals surface area contributed by atoms with Crippen molar-refractivity contribution in [1.82, 2.24) is 10.1 Å². The standard InChI is InChI=1S/C12H10N2O16S2/c1-4(27-11(19)29-13-7(15)2-5(9(13)17)31(21,22)23)28-12(20)30-14-8(16)3-6(10(14)18)32(24,25)26/h5-6H,1-3H2,(H,21,22,23)(H,24,25,26). The molecule has 0 radical (unpaired) electrons. The molecule has 20 heteroatoms. The first-order valence-corrected chi connectivity index (χ1v) is 10.7. The first-order valence-electron chi connectivity index (χ1n) is 7.67. The molecule has 176 valence electrons. The second-order valence-electron chi connectivity index (χ2n) is 5.73. The quantitative estimate of drug-likeness (QED) is 0.166. The van der Waals surface area contributed by atoms with E-state index in [-0.39, 0.29) is 10.1 Å². The summed E-state index contributed by atoms with van der Waals surface area (Å²) in [6.45, 7) is 2.87. The van der Waals surface area contributed by atoms with Gasteiger partial charge >= 0.3 is 12.3 Å². The Kier molecular flexibility index (Phi) is 6.54. The number of nitrogens with zero attached hydrogens (tertiary/aromatic N) is 2. The van der Waals surface area contributed by atoms with Crippen LogP contribution in [0.4, 0.5) is 9.59 Å². The number of rotatable bonds is 6. The van der Waals surface area contributed by atoms with Crippen LogP contribution in [0.5, 0.6) is 0 Å². The van der Waals surface area contributed by atoms with Gasteiger partial charge in [-0.1, -0.05) is 10.1 Å². The molecule has 2 fully saturated rings. The second kappa shape index (κ2) is 8.49. The molecule has 0 saturated carbocycles. The van der Waals surface area contributed by atoms with Crippen molar-refractivity contribution < 1.29 is 73.9 Å². The third-order valence-electron chi connectivity index (χ3n) is 3.57. The average Bonchev–Trinajstić information content (AvgIpc) is 3.05. The van der Waals surface area contributed by atoms with Gasteiger partial charge in [-0.05, 0) is 6.58 Å². The summed E-state index contributed by atoms with van der Waals surface area (Å²) in [5.74, 6) is -7.21. The lowest BCUT2D eigenvalue weighted by Gasteiger charge is -2.14. The van der Waals surface area contributed by atoms with Gasteiger partial charge in [0.1, 0.15) is 0 Å². The third-order valence-corrected chi connectivity index (χ3v) is 5.74. The fourth-order valence-electron chi connectivity index (χ4n) is 2.22. The Balaban J connectivity index is 1.90. The molecule has 0 aromatic rings. The highest BCUT2D eigenvalue weighted by Crippen LogP contribution is 2.21. The summed E-state index contributed by atoms with van der Waals surface area (Å²) in [4.78, 5) is 77.8. The summed E-state index contributed by atoms with van der Waals surface area (Å²) in [7, 11) is -9.97. The van der Waals surface area contributed by atoms with Gasteiger partial charge in [0.25, 0.3) is 49.8 Å². The van der Waals surface area contributed by atoms with Crippen molar-refractivity contribution in [3.05, 3.63) is 12.5 Å². The van der Waals surface area contributed by atoms with Crippen LogP contribution in [0, 0.1) is 0 Å². The van der Waals surface area contributed by atoms with Crippen LogP contribution in [0.2, 0.25) is 0 Å². The number of amides is 4. The van der Waals surface area contributed by atoms with E-state index in [2.05, 4.69) is 25.7 Å². The highest BCUT2D eigenvalue weighted by atomic mass is 32.2. The van der Waals surface area contributed by atoms with E-state index in [4.69, 9.17) is 9.11 Å². The minimum atomic E-state index is -4.99. The van der Waals surface area contributed by atoms with Crippen molar-refractivity contribution in [1.29, 1.82) is 0 Å². The molecule has 2 saturated heterocycles. The largest absolute Gasteiger partial charge is 0.542 e. The lowest BCUT2D eigenvalue weighted by molar-refractivity contribution is -0.179. The van der Waals surface area contributed by atoms with E-state index in [9.17, 15) is 45.6 Å². The molecule has 2 heterocycles. The summed E-state index contributed by atoms with van der Waals surface area (Å²) in [5, 5.41) is -5.13. The van der Waals surface area contributed by atoms with E-state index in [1.807, 2.05) is 0 Å². The van der Waals surface area contributed by atoms with Crippen LogP contribution in [0.3, 0.4) is 0 Å². The van der Waals surface area contributed by atoms with Crippen molar-refractivity contribution >= 4 is 56.2 Å². The van der Waals surface area contributed by atoms with Crippen molar-refractivity contribution in [2.24, 2.45) is 0 Å². The Morgan fingerprint density at radius 3 is 1.34 bits per heavy atom. The number of carbonyl (C=O) groups is 6. The molecule has 2 unspecified atom stereocenters. The molecular weight excluding hydrogens is 492 g/mol. The van der Waals surface area contributed by atoms with Crippen molar-refractivity contribution in [2.75, 3.05) is 0 Å². The highest BCUT2D eigenvalue weighted by Gasteiger charge is 2.50. The minimum absolute atomic E-state index is 0.344. The van der Waals surface area contributed by atoms with E-state index in [0.29, 0.717) is 0 Å². The van der Waals surface area contributed by atoms with Crippen LogP contribution >= 0.6 is 0 Å². The van der Waals surface area contributed by atoms with Crippen LogP contribution in [-0.2, 0) is 58.6 Å². The number of hydroxylamine groups is 4. The van der Waals surface area contributed by atoms with Gasteiger partial charge in [0.15, 0.2) is 10.5 Å². The van der Waals surface area contributed by atoms with Crippen LogP contribution in [0.1, 0.15) is 12.8 Å². The molecule has 4 amide bonds. The molecule has 32 heavy (non-hydrogen) atoms. The normalized spacial score (nSPS) is 21.6.